The Hall–Kier alpha value is -3.92. The number of pyridine rings is 1. The first-order chi connectivity index (χ1) is 15.4. The number of nitrogens with zero attached hydrogens (tertiary/aromatic N) is 3. The van der Waals surface area contributed by atoms with Crippen molar-refractivity contribution in [1.29, 1.82) is 0 Å². The number of hydrogen-bond donors (Lipinski definition) is 3. The number of amides is 2. The van der Waals surface area contributed by atoms with Gasteiger partial charge in [0.15, 0.2) is 0 Å². The van der Waals surface area contributed by atoms with Crippen LogP contribution in [-0.4, -0.2) is 63.2 Å². The number of likely N-dealkylation sites (N-methyl/N-ethyl adjacent to an activating group) is 1. The van der Waals surface area contributed by atoms with Crippen LogP contribution >= 0.6 is 0 Å². The van der Waals surface area contributed by atoms with Crippen molar-refractivity contribution in [3.63, 3.8) is 0 Å². The highest BCUT2D eigenvalue weighted by molar-refractivity contribution is 5.98. The van der Waals surface area contributed by atoms with Crippen LogP contribution in [0.5, 0.6) is 5.75 Å². The molecule has 2 aromatic heterocycles. The maximum atomic E-state index is 13.1. The summed E-state index contributed by atoms with van der Waals surface area (Å²) in [6.45, 7) is 0.467. The van der Waals surface area contributed by atoms with Crippen LogP contribution in [0, 0.1) is 0 Å². The SMILES string of the molecule is CN(CCc1c[nH]cn1)C(=O)c1cc(C(N)=O)cn(Cc2cccc(OCCO)c2)c1=O. The van der Waals surface area contributed by atoms with Crippen molar-refractivity contribution in [2.24, 2.45) is 5.73 Å². The van der Waals surface area contributed by atoms with Gasteiger partial charge in [0.2, 0.25) is 5.91 Å². The molecule has 3 aromatic rings. The minimum Gasteiger partial charge on any atom is -0.491 e. The summed E-state index contributed by atoms with van der Waals surface area (Å²) in [5.41, 5.74) is 6.33. The quantitative estimate of drug-likeness (QED) is 0.417. The van der Waals surface area contributed by atoms with Gasteiger partial charge in [0.1, 0.15) is 17.9 Å². The van der Waals surface area contributed by atoms with E-state index in [1.165, 1.54) is 21.7 Å². The van der Waals surface area contributed by atoms with Crippen LogP contribution in [0.3, 0.4) is 0 Å². The van der Waals surface area contributed by atoms with E-state index in [1.807, 2.05) is 0 Å². The number of hydrogen-bond acceptors (Lipinski definition) is 6. The first-order valence-corrected chi connectivity index (χ1v) is 9.99. The van der Waals surface area contributed by atoms with E-state index >= 15 is 0 Å². The summed E-state index contributed by atoms with van der Waals surface area (Å²) in [7, 11) is 1.58. The Morgan fingerprint density at radius 3 is 2.81 bits per heavy atom. The third-order valence-corrected chi connectivity index (χ3v) is 4.82. The third kappa shape index (κ3) is 5.61. The Bertz CT molecular complexity index is 1140. The van der Waals surface area contributed by atoms with Crippen LogP contribution < -0.4 is 16.0 Å². The van der Waals surface area contributed by atoms with E-state index in [0.717, 1.165) is 11.3 Å². The van der Waals surface area contributed by atoms with Crippen molar-refractivity contribution >= 4 is 11.8 Å². The molecule has 10 heteroatoms. The first kappa shape index (κ1) is 22.8. The van der Waals surface area contributed by atoms with Crippen molar-refractivity contribution < 1.29 is 19.4 Å². The topological polar surface area (TPSA) is 144 Å². The molecule has 0 radical (unpaired) electrons. The predicted octanol–water partition coefficient (Wildman–Crippen LogP) is 0.404. The van der Waals surface area contributed by atoms with Crippen molar-refractivity contribution in [1.82, 2.24) is 19.4 Å². The summed E-state index contributed by atoms with van der Waals surface area (Å²) in [5.74, 6) is -0.723. The van der Waals surface area contributed by atoms with Crippen molar-refractivity contribution in [3.8, 4) is 5.75 Å². The number of carbonyl (C=O) groups excluding carboxylic acids is 2. The zero-order chi connectivity index (χ0) is 23.1. The van der Waals surface area contributed by atoms with Gasteiger partial charge in [-0.3, -0.25) is 14.4 Å². The van der Waals surface area contributed by atoms with Crippen LogP contribution in [0.1, 0.15) is 32.0 Å². The summed E-state index contributed by atoms with van der Waals surface area (Å²) in [5, 5.41) is 8.92. The Morgan fingerprint density at radius 1 is 1.31 bits per heavy atom. The molecule has 0 spiro atoms. The number of aliphatic hydroxyl groups is 1. The van der Waals surface area contributed by atoms with Gasteiger partial charge in [-0.2, -0.15) is 0 Å². The van der Waals surface area contributed by atoms with E-state index in [1.54, 1.807) is 43.8 Å². The molecule has 1 aromatic carbocycles. The number of primary amides is 1. The highest BCUT2D eigenvalue weighted by Crippen LogP contribution is 2.14. The van der Waals surface area contributed by atoms with Gasteiger partial charge in [-0.25, -0.2) is 4.98 Å². The minimum atomic E-state index is -0.744. The molecule has 0 fully saturated rings. The van der Waals surface area contributed by atoms with E-state index < -0.39 is 17.4 Å². The van der Waals surface area contributed by atoms with Crippen LogP contribution in [0.2, 0.25) is 0 Å². The summed E-state index contributed by atoms with van der Waals surface area (Å²) in [6, 6.07) is 8.21. The lowest BCUT2D eigenvalue weighted by molar-refractivity contribution is 0.0794. The van der Waals surface area contributed by atoms with E-state index in [0.29, 0.717) is 18.7 Å². The molecule has 0 aliphatic rings. The monoisotopic (exact) mass is 439 g/mol. The average Bonchev–Trinajstić information content (AvgIpc) is 3.30. The number of aliphatic hydroxyl groups excluding tert-OH is 1. The van der Waals surface area contributed by atoms with Gasteiger partial charge in [-0.05, 0) is 23.8 Å². The molecule has 168 valence electrons. The van der Waals surface area contributed by atoms with Crippen molar-refractivity contribution in [2.75, 3.05) is 26.8 Å². The van der Waals surface area contributed by atoms with Gasteiger partial charge in [-0.15, -0.1) is 0 Å². The second kappa shape index (κ2) is 10.4. The Labute approximate surface area is 184 Å². The molecule has 0 saturated carbocycles. The molecule has 4 N–H and O–H groups in total. The summed E-state index contributed by atoms with van der Waals surface area (Å²) < 4.78 is 6.67. The minimum absolute atomic E-state index is 0.0568. The summed E-state index contributed by atoms with van der Waals surface area (Å²) >= 11 is 0. The molecular formula is C22H25N5O5. The number of rotatable bonds is 10. The smallest absolute Gasteiger partial charge is 0.263 e. The van der Waals surface area contributed by atoms with E-state index in [4.69, 9.17) is 15.6 Å². The highest BCUT2D eigenvalue weighted by atomic mass is 16.5. The molecule has 32 heavy (non-hydrogen) atoms. The van der Waals surface area contributed by atoms with Crippen molar-refractivity contribution in [3.05, 3.63) is 81.8 Å². The average molecular weight is 439 g/mol. The molecule has 2 amide bonds. The van der Waals surface area contributed by atoms with Crippen molar-refractivity contribution in [2.45, 2.75) is 13.0 Å². The molecule has 0 atom stereocenters. The van der Waals surface area contributed by atoms with Crippen LogP contribution in [0.25, 0.3) is 0 Å². The van der Waals surface area contributed by atoms with E-state index in [-0.39, 0.29) is 30.9 Å². The molecule has 0 bridgehead atoms. The third-order valence-electron chi connectivity index (χ3n) is 4.82. The molecular weight excluding hydrogens is 414 g/mol. The highest BCUT2D eigenvalue weighted by Gasteiger charge is 2.20. The van der Waals surface area contributed by atoms with Gasteiger partial charge < -0.3 is 30.0 Å². The number of carbonyl (C=O) groups is 2. The lowest BCUT2D eigenvalue weighted by Gasteiger charge is -2.18. The Balaban J connectivity index is 1.87. The maximum Gasteiger partial charge on any atom is 0.263 e. The van der Waals surface area contributed by atoms with Gasteiger partial charge in [0.25, 0.3) is 11.5 Å². The molecule has 3 rings (SSSR count). The van der Waals surface area contributed by atoms with Crippen LogP contribution in [0.15, 0.2) is 53.8 Å². The fourth-order valence-electron chi connectivity index (χ4n) is 3.15. The zero-order valence-corrected chi connectivity index (χ0v) is 17.7. The zero-order valence-electron chi connectivity index (χ0n) is 17.7. The second-order valence-corrected chi connectivity index (χ2v) is 7.20. The van der Waals surface area contributed by atoms with Gasteiger partial charge in [-0.1, -0.05) is 12.1 Å². The molecule has 10 nitrogen and oxygen atoms in total. The standard InChI is InChI=1S/C22H25N5O5/c1-26(6-5-17-11-24-14-25-17)21(30)19-10-16(20(23)29)13-27(22(19)31)12-15-3-2-4-18(9-15)32-8-7-28/h2-4,9-11,13-14,28H,5-8,12H2,1H3,(H2,23,29)(H,24,25). The molecule has 0 saturated heterocycles. The van der Waals surface area contributed by atoms with Gasteiger partial charge >= 0.3 is 0 Å². The number of imidazole rings is 1. The van der Waals surface area contributed by atoms with Gasteiger partial charge in [0, 0.05) is 32.4 Å². The first-order valence-electron chi connectivity index (χ1n) is 9.99. The summed E-state index contributed by atoms with van der Waals surface area (Å²) in [6.07, 6.45) is 5.13. The van der Waals surface area contributed by atoms with E-state index in [9.17, 15) is 14.4 Å². The Morgan fingerprint density at radius 2 is 2.12 bits per heavy atom. The molecule has 0 unspecified atom stereocenters. The largest absolute Gasteiger partial charge is 0.491 e. The molecule has 0 aliphatic carbocycles. The van der Waals surface area contributed by atoms with Crippen LogP contribution in [0.4, 0.5) is 0 Å². The molecule has 0 aliphatic heterocycles. The lowest BCUT2D eigenvalue weighted by Crippen LogP contribution is -2.36. The van der Waals surface area contributed by atoms with Crippen LogP contribution in [-0.2, 0) is 13.0 Å². The normalized spacial score (nSPS) is 10.7. The fourth-order valence-corrected chi connectivity index (χ4v) is 3.15. The second-order valence-electron chi connectivity index (χ2n) is 7.20. The Kier molecular flexibility index (Phi) is 7.40. The van der Waals surface area contributed by atoms with Gasteiger partial charge in [0.05, 0.1) is 30.7 Å². The molecule has 2 heterocycles. The number of nitrogens with two attached hydrogens (primary N) is 1. The van der Waals surface area contributed by atoms with E-state index in [2.05, 4.69) is 9.97 Å². The predicted molar refractivity (Wildman–Crippen MR) is 117 cm³/mol. The lowest BCUT2D eigenvalue weighted by atomic mass is 10.1. The number of ether oxygens (including phenoxy) is 1. The number of aromatic amines is 1. The summed E-state index contributed by atoms with van der Waals surface area (Å²) in [4.78, 5) is 46.2. The number of benzene rings is 1. The fraction of sp³-hybridized carbons (Fsp3) is 0.273. The number of H-pyrrole nitrogens is 1. The maximum absolute atomic E-state index is 13.1. The number of aromatic nitrogens is 3. The number of nitrogens with one attached hydrogen (secondary N) is 1.